The molecule has 19 heavy (non-hydrogen) atoms. The molecule has 0 saturated heterocycles. The molecule has 1 atom stereocenters. The van der Waals surface area contributed by atoms with E-state index in [0.29, 0.717) is 5.02 Å². The van der Waals surface area contributed by atoms with Crippen molar-refractivity contribution in [1.82, 2.24) is 15.1 Å². The Morgan fingerprint density at radius 3 is 2.63 bits per heavy atom. The standard InChI is InChI=1S/C14H17Cl2N3/c1-4-19-14(12(16)8-18-19)13(17-3)10-5-9(2)6-11(15)7-10/h5-8,13,17H,4H2,1-3H3. The fourth-order valence-electron chi connectivity index (χ4n) is 2.30. The molecule has 1 N–H and O–H groups in total. The first-order chi connectivity index (χ1) is 9.06. The second-order valence-electron chi connectivity index (χ2n) is 4.48. The maximum absolute atomic E-state index is 6.27. The molecule has 1 heterocycles. The number of halogens is 2. The van der Waals surface area contributed by atoms with E-state index in [0.717, 1.165) is 28.4 Å². The van der Waals surface area contributed by atoms with Crippen LogP contribution in [0.4, 0.5) is 0 Å². The first kappa shape index (κ1) is 14.4. The normalized spacial score (nSPS) is 12.7. The maximum atomic E-state index is 6.27. The monoisotopic (exact) mass is 297 g/mol. The summed E-state index contributed by atoms with van der Waals surface area (Å²) in [5, 5.41) is 8.97. The van der Waals surface area contributed by atoms with Gasteiger partial charge in [-0.15, -0.1) is 0 Å². The van der Waals surface area contributed by atoms with Crippen molar-refractivity contribution in [3.63, 3.8) is 0 Å². The zero-order valence-electron chi connectivity index (χ0n) is 11.2. The van der Waals surface area contributed by atoms with Crippen LogP contribution in [0.2, 0.25) is 10.0 Å². The predicted molar refractivity (Wildman–Crippen MR) is 80.0 cm³/mol. The Morgan fingerprint density at radius 2 is 2.05 bits per heavy atom. The summed E-state index contributed by atoms with van der Waals surface area (Å²) in [4.78, 5) is 0. The van der Waals surface area contributed by atoms with Crippen molar-refractivity contribution in [2.45, 2.75) is 26.4 Å². The van der Waals surface area contributed by atoms with Crippen molar-refractivity contribution in [1.29, 1.82) is 0 Å². The highest BCUT2D eigenvalue weighted by atomic mass is 35.5. The summed E-state index contributed by atoms with van der Waals surface area (Å²) in [6.07, 6.45) is 1.68. The number of nitrogens with zero attached hydrogens (tertiary/aromatic N) is 2. The Kier molecular flexibility index (Phi) is 4.50. The molecule has 102 valence electrons. The van der Waals surface area contributed by atoms with Crippen molar-refractivity contribution in [3.05, 3.63) is 51.3 Å². The average molecular weight is 298 g/mol. The summed E-state index contributed by atoms with van der Waals surface area (Å²) in [5.41, 5.74) is 3.18. The van der Waals surface area contributed by atoms with Crippen molar-refractivity contribution in [3.8, 4) is 0 Å². The zero-order valence-corrected chi connectivity index (χ0v) is 12.8. The van der Waals surface area contributed by atoms with Gasteiger partial charge in [-0.2, -0.15) is 5.10 Å². The smallest absolute Gasteiger partial charge is 0.0837 e. The molecule has 1 aromatic heterocycles. The van der Waals surface area contributed by atoms with E-state index in [1.54, 1.807) is 6.20 Å². The molecule has 0 spiro atoms. The van der Waals surface area contributed by atoms with Crippen LogP contribution >= 0.6 is 23.2 Å². The van der Waals surface area contributed by atoms with Gasteiger partial charge in [-0.05, 0) is 44.2 Å². The molecule has 1 aromatic carbocycles. The van der Waals surface area contributed by atoms with Crippen molar-refractivity contribution in [2.24, 2.45) is 0 Å². The predicted octanol–water partition coefficient (Wildman–Crippen LogP) is 3.83. The van der Waals surface area contributed by atoms with E-state index in [-0.39, 0.29) is 6.04 Å². The van der Waals surface area contributed by atoms with Crippen molar-refractivity contribution >= 4 is 23.2 Å². The van der Waals surface area contributed by atoms with Crippen molar-refractivity contribution < 1.29 is 0 Å². The molecule has 0 aliphatic carbocycles. The highest BCUT2D eigenvalue weighted by Gasteiger charge is 2.20. The van der Waals surface area contributed by atoms with Gasteiger partial charge in [-0.25, -0.2) is 0 Å². The molecular weight excluding hydrogens is 281 g/mol. The number of benzene rings is 1. The molecule has 2 aromatic rings. The molecule has 0 aliphatic heterocycles. The Labute approximate surface area is 123 Å². The number of nitrogens with one attached hydrogen (secondary N) is 1. The number of rotatable bonds is 4. The van der Waals surface area contributed by atoms with Gasteiger partial charge in [0.15, 0.2) is 0 Å². The summed E-state index contributed by atoms with van der Waals surface area (Å²) < 4.78 is 1.90. The average Bonchev–Trinajstić information content (AvgIpc) is 2.71. The topological polar surface area (TPSA) is 29.9 Å². The van der Waals surface area contributed by atoms with Gasteiger partial charge in [0.2, 0.25) is 0 Å². The van der Waals surface area contributed by atoms with Crippen LogP contribution in [0.5, 0.6) is 0 Å². The van der Waals surface area contributed by atoms with Crippen molar-refractivity contribution in [2.75, 3.05) is 7.05 Å². The summed E-state index contributed by atoms with van der Waals surface area (Å²) in [6.45, 7) is 4.85. The van der Waals surface area contributed by atoms with Crippen LogP contribution in [0.1, 0.15) is 29.8 Å². The minimum Gasteiger partial charge on any atom is -0.308 e. The zero-order chi connectivity index (χ0) is 14.0. The summed E-state index contributed by atoms with van der Waals surface area (Å²) in [5.74, 6) is 0. The highest BCUT2D eigenvalue weighted by Crippen LogP contribution is 2.30. The Bertz CT molecular complexity index is 558. The van der Waals surface area contributed by atoms with Crippen LogP contribution in [-0.2, 0) is 6.54 Å². The molecule has 0 saturated carbocycles. The Hall–Kier alpha value is -1.03. The number of aromatic nitrogens is 2. The molecule has 3 nitrogen and oxygen atoms in total. The van der Waals surface area contributed by atoms with Crippen LogP contribution in [0.15, 0.2) is 24.4 Å². The minimum atomic E-state index is -0.0210. The third-order valence-corrected chi connectivity index (χ3v) is 3.60. The largest absolute Gasteiger partial charge is 0.308 e. The lowest BCUT2D eigenvalue weighted by molar-refractivity contribution is 0.563. The lowest BCUT2D eigenvalue weighted by Gasteiger charge is -2.19. The Balaban J connectivity index is 2.52. The van der Waals surface area contributed by atoms with Gasteiger partial charge < -0.3 is 5.32 Å². The first-order valence-electron chi connectivity index (χ1n) is 6.22. The third-order valence-electron chi connectivity index (χ3n) is 3.09. The lowest BCUT2D eigenvalue weighted by Crippen LogP contribution is -2.22. The number of hydrogen-bond donors (Lipinski definition) is 1. The van der Waals surface area contributed by atoms with E-state index in [9.17, 15) is 0 Å². The van der Waals surface area contributed by atoms with E-state index in [1.165, 1.54) is 0 Å². The summed E-state index contributed by atoms with van der Waals surface area (Å²) in [6, 6.07) is 5.98. The number of hydrogen-bond acceptors (Lipinski definition) is 2. The fraction of sp³-hybridized carbons (Fsp3) is 0.357. The van der Waals surface area contributed by atoms with Crippen LogP contribution in [0.25, 0.3) is 0 Å². The van der Waals surface area contributed by atoms with E-state index in [4.69, 9.17) is 23.2 Å². The fourth-order valence-corrected chi connectivity index (χ4v) is 2.85. The summed E-state index contributed by atoms with van der Waals surface area (Å²) in [7, 11) is 1.91. The second-order valence-corrected chi connectivity index (χ2v) is 5.32. The molecule has 0 radical (unpaired) electrons. The molecule has 5 heteroatoms. The summed E-state index contributed by atoms with van der Waals surface area (Å²) >= 11 is 12.4. The molecule has 0 aliphatic rings. The van der Waals surface area contributed by atoms with Gasteiger partial charge >= 0.3 is 0 Å². The third kappa shape index (κ3) is 2.94. The highest BCUT2D eigenvalue weighted by molar-refractivity contribution is 6.31. The molecule has 0 bridgehead atoms. The van der Waals surface area contributed by atoms with Crippen LogP contribution in [-0.4, -0.2) is 16.8 Å². The SMILES string of the molecule is CCn1ncc(Cl)c1C(NC)c1cc(C)cc(Cl)c1. The second kappa shape index (κ2) is 5.95. The molecule has 0 amide bonds. The number of aryl methyl sites for hydroxylation is 2. The lowest BCUT2D eigenvalue weighted by atomic mass is 10.0. The van der Waals surface area contributed by atoms with Crippen LogP contribution in [0.3, 0.4) is 0 Å². The van der Waals surface area contributed by atoms with Gasteiger partial charge in [-0.1, -0.05) is 29.3 Å². The quantitative estimate of drug-likeness (QED) is 0.929. The van der Waals surface area contributed by atoms with Gasteiger partial charge in [-0.3, -0.25) is 4.68 Å². The van der Waals surface area contributed by atoms with Gasteiger partial charge in [0.1, 0.15) is 0 Å². The molecule has 0 fully saturated rings. The van der Waals surface area contributed by atoms with E-state index >= 15 is 0 Å². The Morgan fingerprint density at radius 1 is 1.32 bits per heavy atom. The van der Waals surface area contributed by atoms with Gasteiger partial charge in [0.05, 0.1) is 23.0 Å². The first-order valence-corrected chi connectivity index (χ1v) is 6.98. The molecule has 2 rings (SSSR count). The minimum absolute atomic E-state index is 0.0210. The molecular formula is C14H17Cl2N3. The van der Waals surface area contributed by atoms with Crippen LogP contribution < -0.4 is 5.32 Å². The van der Waals surface area contributed by atoms with E-state index in [2.05, 4.69) is 16.5 Å². The van der Waals surface area contributed by atoms with E-state index < -0.39 is 0 Å². The van der Waals surface area contributed by atoms with Gasteiger partial charge in [0, 0.05) is 11.6 Å². The van der Waals surface area contributed by atoms with E-state index in [1.807, 2.05) is 37.7 Å². The van der Waals surface area contributed by atoms with Gasteiger partial charge in [0.25, 0.3) is 0 Å². The molecule has 1 unspecified atom stereocenters. The van der Waals surface area contributed by atoms with Crippen LogP contribution in [0, 0.1) is 6.92 Å². The maximum Gasteiger partial charge on any atom is 0.0837 e.